The van der Waals surface area contributed by atoms with Gasteiger partial charge in [-0.1, -0.05) is 41.9 Å². The minimum atomic E-state index is -0.653. The van der Waals surface area contributed by atoms with Crippen molar-refractivity contribution in [1.29, 1.82) is 5.26 Å². The molecule has 35 heavy (non-hydrogen) atoms. The normalized spacial score (nSPS) is 14.5. The molecule has 0 bridgehead atoms. The molecule has 2 N–H and O–H groups in total. The van der Waals surface area contributed by atoms with Crippen LogP contribution in [0.25, 0.3) is 33.4 Å². The molecule has 0 atom stereocenters. The van der Waals surface area contributed by atoms with Crippen molar-refractivity contribution in [3.8, 4) is 28.6 Å². The van der Waals surface area contributed by atoms with Gasteiger partial charge in [-0.05, 0) is 32.0 Å². The van der Waals surface area contributed by atoms with Crippen LogP contribution < -0.4 is 5.32 Å². The van der Waals surface area contributed by atoms with Crippen molar-refractivity contribution in [1.82, 2.24) is 25.1 Å². The first-order valence-electron chi connectivity index (χ1n) is 11.2. The number of H-pyrrole nitrogens is 1. The number of amides is 1. The topological polar surface area (TPSA) is 120 Å². The molecule has 0 aliphatic carbocycles. The fourth-order valence-electron chi connectivity index (χ4n) is 4.13. The van der Waals surface area contributed by atoms with Gasteiger partial charge in [0.25, 0.3) is 0 Å². The molecule has 1 amide bonds. The van der Waals surface area contributed by atoms with Crippen LogP contribution in [0.15, 0.2) is 48.7 Å². The van der Waals surface area contributed by atoms with Gasteiger partial charge in [0.2, 0.25) is 0 Å². The lowest BCUT2D eigenvalue weighted by atomic mass is 10.0. The van der Waals surface area contributed by atoms with E-state index in [1.165, 1.54) is 0 Å². The van der Waals surface area contributed by atoms with E-state index >= 15 is 0 Å². The van der Waals surface area contributed by atoms with Gasteiger partial charge >= 0.3 is 6.09 Å². The molecule has 0 spiro atoms. The highest BCUT2D eigenvalue weighted by atomic mass is 35.5. The molecular weight excluding hydrogens is 466 g/mol. The number of carbonyl (C=O) groups excluding carboxylic acids is 1. The molecule has 1 aliphatic rings. The number of nitriles is 1. The van der Waals surface area contributed by atoms with Crippen molar-refractivity contribution in [2.45, 2.75) is 18.9 Å². The van der Waals surface area contributed by atoms with Crippen molar-refractivity contribution >= 4 is 34.4 Å². The van der Waals surface area contributed by atoms with Crippen molar-refractivity contribution < 1.29 is 9.53 Å². The maximum atomic E-state index is 12.6. The molecule has 0 saturated carbocycles. The summed E-state index contributed by atoms with van der Waals surface area (Å²) in [6.45, 7) is 1.72. The lowest BCUT2D eigenvalue weighted by Crippen LogP contribution is -2.36. The summed E-state index contributed by atoms with van der Waals surface area (Å²) >= 11 is 6.47. The Bertz CT molecular complexity index is 1420. The zero-order valence-corrected chi connectivity index (χ0v) is 19.7. The average molecular weight is 488 g/mol. The third-order valence-electron chi connectivity index (χ3n) is 5.98. The molecule has 1 aliphatic heterocycles. The van der Waals surface area contributed by atoms with Crippen LogP contribution in [0.1, 0.15) is 18.5 Å². The quantitative estimate of drug-likeness (QED) is 0.422. The summed E-state index contributed by atoms with van der Waals surface area (Å²) in [5, 5.41) is 20.6. The standard InChI is InChI=1S/C25H22ClN7O2/c1-33-9-7-18(8-10-33)35-25(34)31-24-20(13-27)29-23(22(30-24)15-5-3-2-4-6-15)16-11-17-14-28-32-21(17)19(26)12-16/h2-6,11-12,14,18H,7-10H2,1H3,(H,28,32)(H,30,31,34). The van der Waals surface area contributed by atoms with Gasteiger partial charge in [0.05, 0.1) is 28.1 Å². The van der Waals surface area contributed by atoms with E-state index in [2.05, 4.69) is 30.4 Å². The third-order valence-corrected chi connectivity index (χ3v) is 6.28. The van der Waals surface area contributed by atoms with Gasteiger partial charge < -0.3 is 9.64 Å². The number of ether oxygens (including phenoxy) is 1. The van der Waals surface area contributed by atoms with Gasteiger partial charge in [0, 0.05) is 29.6 Å². The second kappa shape index (κ2) is 9.70. The molecule has 2 aromatic carbocycles. The molecule has 1 fully saturated rings. The smallest absolute Gasteiger partial charge is 0.413 e. The van der Waals surface area contributed by atoms with Crippen molar-refractivity contribution in [2.24, 2.45) is 0 Å². The van der Waals surface area contributed by atoms with Crippen molar-refractivity contribution in [2.75, 3.05) is 25.5 Å². The number of aromatic amines is 1. The number of piperidine rings is 1. The fourth-order valence-corrected chi connectivity index (χ4v) is 4.40. The maximum Gasteiger partial charge on any atom is 0.413 e. The van der Waals surface area contributed by atoms with Crippen LogP contribution in [0.2, 0.25) is 5.02 Å². The Morgan fingerprint density at radius 1 is 1.17 bits per heavy atom. The lowest BCUT2D eigenvalue weighted by molar-refractivity contribution is 0.0661. The van der Waals surface area contributed by atoms with E-state index in [1.807, 2.05) is 49.5 Å². The molecule has 176 valence electrons. The van der Waals surface area contributed by atoms with E-state index in [9.17, 15) is 10.1 Å². The molecule has 2 aromatic heterocycles. The summed E-state index contributed by atoms with van der Waals surface area (Å²) < 4.78 is 5.58. The number of halogens is 1. The number of benzene rings is 2. The predicted molar refractivity (Wildman–Crippen MR) is 133 cm³/mol. The summed E-state index contributed by atoms with van der Waals surface area (Å²) in [7, 11) is 2.04. The second-order valence-electron chi connectivity index (χ2n) is 8.42. The number of aromatic nitrogens is 4. The number of rotatable bonds is 4. The van der Waals surface area contributed by atoms with Gasteiger partial charge in [-0.25, -0.2) is 14.8 Å². The van der Waals surface area contributed by atoms with E-state index in [0.29, 0.717) is 27.5 Å². The summed E-state index contributed by atoms with van der Waals surface area (Å²) in [4.78, 5) is 24.1. The largest absolute Gasteiger partial charge is 0.446 e. The zero-order chi connectivity index (χ0) is 24.4. The summed E-state index contributed by atoms with van der Waals surface area (Å²) in [5.74, 6) is 0.0449. The highest BCUT2D eigenvalue weighted by molar-refractivity contribution is 6.35. The average Bonchev–Trinajstić information content (AvgIpc) is 3.35. The first-order chi connectivity index (χ1) is 17.0. The van der Waals surface area contributed by atoms with Crippen LogP contribution >= 0.6 is 11.6 Å². The maximum absolute atomic E-state index is 12.6. The number of anilines is 1. The molecule has 10 heteroatoms. The summed E-state index contributed by atoms with van der Waals surface area (Å²) in [6, 6.07) is 15.1. The Labute approximate surface area is 206 Å². The minimum Gasteiger partial charge on any atom is -0.446 e. The Kier molecular flexibility index (Phi) is 6.31. The Balaban J connectivity index is 1.54. The van der Waals surface area contributed by atoms with Gasteiger partial charge in [-0.15, -0.1) is 0 Å². The van der Waals surface area contributed by atoms with E-state index in [0.717, 1.165) is 36.9 Å². The number of fused-ring (bicyclic) bond motifs is 1. The minimum absolute atomic E-state index is 0.0246. The monoisotopic (exact) mass is 487 g/mol. The Morgan fingerprint density at radius 2 is 1.91 bits per heavy atom. The number of carbonyl (C=O) groups is 1. The van der Waals surface area contributed by atoms with Crippen LogP contribution in [0.5, 0.6) is 0 Å². The zero-order valence-electron chi connectivity index (χ0n) is 19.0. The molecule has 9 nitrogen and oxygen atoms in total. The number of hydrogen-bond acceptors (Lipinski definition) is 7. The van der Waals surface area contributed by atoms with Gasteiger partial charge in [0.15, 0.2) is 11.5 Å². The fraction of sp³-hybridized carbons (Fsp3) is 0.240. The first kappa shape index (κ1) is 22.8. The number of hydrogen-bond donors (Lipinski definition) is 2. The Hall–Kier alpha value is -4.00. The first-order valence-corrected chi connectivity index (χ1v) is 11.6. The van der Waals surface area contributed by atoms with E-state index in [4.69, 9.17) is 16.3 Å². The summed E-state index contributed by atoms with van der Waals surface area (Å²) in [5.41, 5.74) is 3.09. The van der Waals surface area contributed by atoms with E-state index in [-0.39, 0.29) is 17.6 Å². The molecule has 1 saturated heterocycles. The number of nitrogens with zero attached hydrogens (tertiary/aromatic N) is 5. The lowest BCUT2D eigenvalue weighted by Gasteiger charge is -2.28. The SMILES string of the molecule is CN1CCC(OC(=O)Nc2nc(-c3ccccc3)c(-c3cc(Cl)c4[nH]ncc4c3)nc2C#N)CC1. The molecule has 5 rings (SSSR count). The predicted octanol–water partition coefficient (Wildman–Crippen LogP) is 4.85. The van der Waals surface area contributed by atoms with Crippen LogP contribution in [-0.4, -0.2) is 57.4 Å². The van der Waals surface area contributed by atoms with Gasteiger partial charge in [0.1, 0.15) is 12.2 Å². The van der Waals surface area contributed by atoms with Gasteiger partial charge in [-0.3, -0.25) is 10.4 Å². The van der Waals surface area contributed by atoms with Crippen LogP contribution in [0.4, 0.5) is 10.6 Å². The van der Waals surface area contributed by atoms with Crippen LogP contribution in [0, 0.1) is 11.3 Å². The highest BCUT2D eigenvalue weighted by Crippen LogP contribution is 2.35. The second-order valence-corrected chi connectivity index (χ2v) is 8.83. The van der Waals surface area contributed by atoms with Gasteiger partial charge in [-0.2, -0.15) is 10.4 Å². The summed E-state index contributed by atoms with van der Waals surface area (Å²) in [6.07, 6.45) is 2.35. The number of nitrogens with one attached hydrogen (secondary N) is 2. The molecule has 0 unspecified atom stereocenters. The molecule has 0 radical (unpaired) electrons. The van der Waals surface area contributed by atoms with Crippen LogP contribution in [-0.2, 0) is 4.74 Å². The Morgan fingerprint density at radius 3 is 2.66 bits per heavy atom. The van der Waals surface area contributed by atoms with Crippen LogP contribution in [0.3, 0.4) is 0 Å². The third kappa shape index (κ3) is 4.80. The van der Waals surface area contributed by atoms with Crippen molar-refractivity contribution in [3.63, 3.8) is 0 Å². The molecular formula is C25H22ClN7O2. The molecule has 4 aromatic rings. The highest BCUT2D eigenvalue weighted by Gasteiger charge is 2.23. The van der Waals surface area contributed by atoms with E-state index < -0.39 is 6.09 Å². The van der Waals surface area contributed by atoms with E-state index in [1.54, 1.807) is 12.3 Å². The molecule has 3 heterocycles. The van der Waals surface area contributed by atoms with Crippen molar-refractivity contribution in [3.05, 3.63) is 59.4 Å². The number of likely N-dealkylation sites (tertiary alicyclic amines) is 1.